The average molecular weight is 241 g/mol. The summed E-state index contributed by atoms with van der Waals surface area (Å²) in [6, 6.07) is 8.96. The van der Waals surface area contributed by atoms with Gasteiger partial charge in [-0.3, -0.25) is 4.98 Å². The Morgan fingerprint density at radius 1 is 0.889 bits per heavy atom. The zero-order valence-corrected chi connectivity index (χ0v) is 11.9. The molecule has 0 fully saturated rings. The van der Waals surface area contributed by atoms with Gasteiger partial charge >= 0.3 is 0 Å². The Bertz CT molecular complexity index is 477. The maximum atomic E-state index is 4.60. The number of rotatable bonds is 4. The van der Waals surface area contributed by atoms with Gasteiger partial charge < -0.3 is 0 Å². The van der Waals surface area contributed by atoms with E-state index in [2.05, 4.69) is 56.9 Å². The molecule has 96 valence electrons. The average Bonchev–Trinajstić information content (AvgIpc) is 2.27. The highest BCUT2D eigenvalue weighted by atomic mass is 14.6. The van der Waals surface area contributed by atoms with Gasteiger partial charge in [0.15, 0.2) is 0 Å². The van der Waals surface area contributed by atoms with Crippen molar-refractivity contribution in [2.24, 2.45) is 11.8 Å². The third-order valence-corrected chi connectivity index (χ3v) is 3.09. The van der Waals surface area contributed by atoms with Crippen LogP contribution in [0.5, 0.6) is 0 Å². The monoisotopic (exact) mass is 241 g/mol. The number of fused-ring (bicyclic) bond motifs is 1. The Morgan fingerprint density at radius 3 is 2.22 bits per heavy atom. The first-order valence-corrected chi connectivity index (χ1v) is 6.92. The fraction of sp³-hybridized carbons (Fsp3) is 0.471. The van der Waals surface area contributed by atoms with Crippen LogP contribution in [0.2, 0.25) is 0 Å². The Morgan fingerprint density at radius 2 is 1.56 bits per heavy atom. The summed E-state index contributed by atoms with van der Waals surface area (Å²) in [6.07, 6.45) is 4.27. The van der Waals surface area contributed by atoms with Crippen LogP contribution in [0.15, 0.2) is 30.5 Å². The number of aromatic nitrogens is 1. The van der Waals surface area contributed by atoms with Crippen molar-refractivity contribution in [1.82, 2.24) is 4.98 Å². The van der Waals surface area contributed by atoms with Crippen molar-refractivity contribution in [2.75, 3.05) is 0 Å². The number of benzene rings is 1. The van der Waals surface area contributed by atoms with Crippen molar-refractivity contribution >= 4 is 10.9 Å². The Hall–Kier alpha value is -1.37. The topological polar surface area (TPSA) is 12.9 Å². The Kier molecular flexibility index (Phi) is 4.00. The maximum Gasteiger partial charge on any atom is 0.0704 e. The Balaban J connectivity index is 2.30. The lowest BCUT2D eigenvalue weighted by Crippen LogP contribution is -1.96. The lowest BCUT2D eigenvalue weighted by atomic mass is 9.99. The molecule has 0 unspecified atom stereocenters. The van der Waals surface area contributed by atoms with Gasteiger partial charge in [-0.15, -0.1) is 0 Å². The zero-order chi connectivity index (χ0) is 13.1. The van der Waals surface area contributed by atoms with Gasteiger partial charge in [-0.1, -0.05) is 39.8 Å². The molecule has 1 aromatic heterocycles. The van der Waals surface area contributed by atoms with Crippen molar-refractivity contribution in [3.05, 3.63) is 41.6 Å². The molecule has 1 heteroatoms. The van der Waals surface area contributed by atoms with E-state index >= 15 is 0 Å². The second kappa shape index (κ2) is 5.51. The summed E-state index contributed by atoms with van der Waals surface area (Å²) in [5, 5.41) is 1.26. The van der Waals surface area contributed by atoms with Gasteiger partial charge in [-0.05, 0) is 47.9 Å². The van der Waals surface area contributed by atoms with Crippen LogP contribution in [-0.4, -0.2) is 4.98 Å². The number of pyridine rings is 1. The maximum absolute atomic E-state index is 4.60. The van der Waals surface area contributed by atoms with Crippen LogP contribution < -0.4 is 0 Å². The first-order chi connectivity index (χ1) is 8.54. The summed E-state index contributed by atoms with van der Waals surface area (Å²) in [7, 11) is 0. The second-order valence-corrected chi connectivity index (χ2v) is 6.07. The molecule has 0 radical (unpaired) electrons. The predicted octanol–water partition coefficient (Wildman–Crippen LogP) is 4.63. The van der Waals surface area contributed by atoms with Gasteiger partial charge in [-0.25, -0.2) is 0 Å². The van der Waals surface area contributed by atoms with E-state index in [1.807, 2.05) is 6.20 Å². The summed E-state index contributed by atoms with van der Waals surface area (Å²) in [4.78, 5) is 4.60. The van der Waals surface area contributed by atoms with E-state index in [9.17, 15) is 0 Å². The van der Waals surface area contributed by atoms with E-state index in [0.29, 0.717) is 11.8 Å². The number of hydrogen-bond donors (Lipinski definition) is 0. The van der Waals surface area contributed by atoms with Crippen LogP contribution >= 0.6 is 0 Å². The van der Waals surface area contributed by atoms with E-state index in [-0.39, 0.29) is 0 Å². The minimum atomic E-state index is 0.685. The number of nitrogens with zero attached hydrogens (tertiary/aromatic N) is 1. The fourth-order valence-electron chi connectivity index (χ4n) is 2.39. The molecule has 2 aromatic rings. The first-order valence-electron chi connectivity index (χ1n) is 6.92. The highest BCUT2D eigenvalue weighted by molar-refractivity contribution is 5.79. The fourth-order valence-corrected chi connectivity index (χ4v) is 2.39. The standard InChI is InChI=1S/C17H23N/c1-12(2)7-14-5-6-16-9-15(8-13(3)4)11-18-17(16)10-14/h5-6,9-13H,7-8H2,1-4H3. The van der Waals surface area contributed by atoms with E-state index < -0.39 is 0 Å². The van der Waals surface area contributed by atoms with Gasteiger partial charge in [0.05, 0.1) is 5.52 Å². The molecule has 0 bridgehead atoms. The normalized spacial score (nSPS) is 11.7. The molecule has 0 N–H and O–H groups in total. The molecule has 0 atom stereocenters. The molecule has 0 aliphatic rings. The Labute approximate surface area is 110 Å². The highest BCUT2D eigenvalue weighted by Crippen LogP contribution is 2.19. The first kappa shape index (κ1) is 13.1. The summed E-state index contributed by atoms with van der Waals surface area (Å²) in [5.41, 5.74) is 3.86. The second-order valence-electron chi connectivity index (χ2n) is 6.07. The van der Waals surface area contributed by atoms with E-state index in [1.54, 1.807) is 0 Å². The van der Waals surface area contributed by atoms with E-state index in [1.165, 1.54) is 16.5 Å². The quantitative estimate of drug-likeness (QED) is 0.760. The molecule has 2 rings (SSSR count). The van der Waals surface area contributed by atoms with Crippen LogP contribution in [0.3, 0.4) is 0 Å². The van der Waals surface area contributed by atoms with Gasteiger partial charge in [0.25, 0.3) is 0 Å². The molecule has 18 heavy (non-hydrogen) atoms. The van der Waals surface area contributed by atoms with Crippen LogP contribution in [0, 0.1) is 11.8 Å². The van der Waals surface area contributed by atoms with Gasteiger partial charge in [0.2, 0.25) is 0 Å². The molecule has 1 heterocycles. The van der Waals surface area contributed by atoms with E-state index in [4.69, 9.17) is 0 Å². The van der Waals surface area contributed by atoms with E-state index in [0.717, 1.165) is 18.4 Å². The van der Waals surface area contributed by atoms with Crippen molar-refractivity contribution in [1.29, 1.82) is 0 Å². The highest BCUT2D eigenvalue weighted by Gasteiger charge is 2.03. The summed E-state index contributed by atoms with van der Waals surface area (Å²) in [6.45, 7) is 9.00. The van der Waals surface area contributed by atoms with Crippen LogP contribution in [0.1, 0.15) is 38.8 Å². The lowest BCUT2D eigenvalue weighted by molar-refractivity contribution is 0.645. The third-order valence-electron chi connectivity index (χ3n) is 3.09. The predicted molar refractivity (Wildman–Crippen MR) is 78.8 cm³/mol. The van der Waals surface area contributed by atoms with Crippen LogP contribution in [0.4, 0.5) is 0 Å². The molecule has 1 aromatic carbocycles. The van der Waals surface area contributed by atoms with Gasteiger partial charge in [-0.2, -0.15) is 0 Å². The van der Waals surface area contributed by atoms with Gasteiger partial charge in [0.1, 0.15) is 0 Å². The molecule has 0 amide bonds. The summed E-state index contributed by atoms with van der Waals surface area (Å²) in [5.74, 6) is 1.38. The smallest absolute Gasteiger partial charge is 0.0704 e. The van der Waals surface area contributed by atoms with Crippen molar-refractivity contribution in [2.45, 2.75) is 40.5 Å². The SMILES string of the molecule is CC(C)Cc1cnc2cc(CC(C)C)ccc2c1. The number of hydrogen-bond acceptors (Lipinski definition) is 1. The molecule has 0 saturated carbocycles. The van der Waals surface area contributed by atoms with Gasteiger partial charge in [0, 0.05) is 11.6 Å². The lowest BCUT2D eigenvalue weighted by Gasteiger charge is -2.08. The summed E-state index contributed by atoms with van der Waals surface area (Å²) >= 11 is 0. The van der Waals surface area contributed by atoms with Crippen molar-refractivity contribution < 1.29 is 0 Å². The van der Waals surface area contributed by atoms with Crippen molar-refractivity contribution in [3.63, 3.8) is 0 Å². The van der Waals surface area contributed by atoms with Crippen LogP contribution in [0.25, 0.3) is 10.9 Å². The molecular formula is C17H23N. The zero-order valence-electron chi connectivity index (χ0n) is 11.9. The summed E-state index contributed by atoms with van der Waals surface area (Å²) < 4.78 is 0. The molecule has 0 saturated heterocycles. The molecule has 0 aliphatic heterocycles. The minimum Gasteiger partial charge on any atom is -0.256 e. The minimum absolute atomic E-state index is 0.685. The molecular weight excluding hydrogens is 218 g/mol. The molecule has 1 nitrogen and oxygen atoms in total. The third kappa shape index (κ3) is 3.32. The van der Waals surface area contributed by atoms with Crippen molar-refractivity contribution in [3.8, 4) is 0 Å². The van der Waals surface area contributed by atoms with Crippen LogP contribution in [-0.2, 0) is 12.8 Å². The molecule has 0 aliphatic carbocycles. The molecule has 0 spiro atoms. The largest absolute Gasteiger partial charge is 0.256 e.